The lowest BCUT2D eigenvalue weighted by molar-refractivity contribution is -0.385. The second kappa shape index (κ2) is 6.30. The lowest BCUT2D eigenvalue weighted by Gasteiger charge is -2.17. The molecule has 0 atom stereocenters. The number of ether oxygens (including phenoxy) is 1. The minimum Gasteiger partial charge on any atom is -0.490 e. The summed E-state index contributed by atoms with van der Waals surface area (Å²) in [5.74, 6) is 0.543. The minimum absolute atomic E-state index is 0.120. The van der Waals surface area contributed by atoms with Crippen molar-refractivity contribution in [1.82, 2.24) is 4.90 Å². The molecule has 0 aliphatic carbocycles. The maximum absolute atomic E-state index is 12.4. The highest BCUT2D eigenvalue weighted by atomic mass is 16.6. The monoisotopic (exact) mass is 304 g/mol. The molecule has 1 aromatic heterocycles. The van der Waals surface area contributed by atoms with Crippen molar-refractivity contribution in [1.29, 1.82) is 0 Å². The van der Waals surface area contributed by atoms with Crippen LogP contribution in [0, 0.1) is 17.0 Å². The van der Waals surface area contributed by atoms with E-state index < -0.39 is 4.92 Å². The standard InChI is InChI=1S/C15H16N2O5/c1-10-12(6-7-22-10)9-16(2)15(18)11-4-5-14(21-3)13(8-11)17(19)20/h4-8H,9H2,1-3H3. The molecule has 0 bridgehead atoms. The maximum Gasteiger partial charge on any atom is 0.311 e. The average Bonchev–Trinajstić information content (AvgIpc) is 2.90. The fourth-order valence-electron chi connectivity index (χ4n) is 2.09. The molecule has 0 aliphatic heterocycles. The quantitative estimate of drug-likeness (QED) is 0.626. The number of benzene rings is 1. The number of hydrogen-bond acceptors (Lipinski definition) is 5. The maximum atomic E-state index is 12.4. The smallest absolute Gasteiger partial charge is 0.311 e. The zero-order chi connectivity index (χ0) is 16.3. The van der Waals surface area contributed by atoms with Crippen LogP contribution in [-0.4, -0.2) is 29.9 Å². The first-order valence-corrected chi connectivity index (χ1v) is 6.55. The van der Waals surface area contributed by atoms with E-state index in [1.165, 1.54) is 30.2 Å². The van der Waals surface area contributed by atoms with Crippen LogP contribution in [0.3, 0.4) is 0 Å². The first kappa shape index (κ1) is 15.6. The van der Waals surface area contributed by atoms with E-state index in [4.69, 9.17) is 9.15 Å². The summed E-state index contributed by atoms with van der Waals surface area (Å²) >= 11 is 0. The van der Waals surface area contributed by atoms with Gasteiger partial charge in [-0.05, 0) is 25.1 Å². The van der Waals surface area contributed by atoms with Gasteiger partial charge in [0.2, 0.25) is 0 Å². The SMILES string of the molecule is COc1ccc(C(=O)N(C)Cc2ccoc2C)cc1[N+](=O)[O-]. The Hall–Kier alpha value is -2.83. The molecule has 0 aliphatic rings. The minimum atomic E-state index is -0.574. The molecule has 7 heteroatoms. The lowest BCUT2D eigenvalue weighted by atomic mass is 10.1. The third-order valence-corrected chi connectivity index (χ3v) is 3.34. The van der Waals surface area contributed by atoms with Crippen LogP contribution in [0.25, 0.3) is 0 Å². The van der Waals surface area contributed by atoms with E-state index in [1.807, 2.05) is 6.92 Å². The fourth-order valence-corrected chi connectivity index (χ4v) is 2.09. The van der Waals surface area contributed by atoms with Crippen LogP contribution in [0.15, 0.2) is 34.9 Å². The summed E-state index contributed by atoms with van der Waals surface area (Å²) in [6.07, 6.45) is 1.56. The number of methoxy groups -OCH3 is 1. The van der Waals surface area contributed by atoms with Gasteiger partial charge in [0.25, 0.3) is 5.91 Å². The molecule has 22 heavy (non-hydrogen) atoms. The number of carbonyl (C=O) groups excluding carboxylic acids is 1. The van der Waals surface area contributed by atoms with Gasteiger partial charge in [-0.1, -0.05) is 0 Å². The topological polar surface area (TPSA) is 85.8 Å². The Kier molecular flexibility index (Phi) is 4.45. The number of nitrogens with zero attached hydrogens (tertiary/aromatic N) is 2. The molecule has 2 aromatic rings. The van der Waals surface area contributed by atoms with Crippen LogP contribution in [0.5, 0.6) is 5.75 Å². The van der Waals surface area contributed by atoms with Crippen molar-refractivity contribution in [2.45, 2.75) is 13.5 Å². The molecule has 1 aromatic carbocycles. The molecule has 1 heterocycles. The van der Waals surface area contributed by atoms with Gasteiger partial charge in [-0.2, -0.15) is 0 Å². The molecular formula is C15H16N2O5. The molecule has 116 valence electrons. The second-order valence-corrected chi connectivity index (χ2v) is 4.81. The molecule has 2 rings (SSSR count). The van der Waals surface area contributed by atoms with E-state index >= 15 is 0 Å². The summed E-state index contributed by atoms with van der Waals surface area (Å²) in [5, 5.41) is 11.0. The van der Waals surface area contributed by atoms with Crippen LogP contribution < -0.4 is 4.74 Å². The Morgan fingerprint density at radius 3 is 2.68 bits per heavy atom. The molecule has 0 N–H and O–H groups in total. The Bertz CT molecular complexity index is 708. The van der Waals surface area contributed by atoms with E-state index in [9.17, 15) is 14.9 Å². The van der Waals surface area contributed by atoms with Crippen molar-refractivity contribution >= 4 is 11.6 Å². The number of aryl methyl sites for hydroxylation is 1. The Morgan fingerprint density at radius 1 is 1.41 bits per heavy atom. The van der Waals surface area contributed by atoms with Crippen molar-refractivity contribution in [2.75, 3.05) is 14.2 Å². The summed E-state index contributed by atoms with van der Waals surface area (Å²) in [6, 6.07) is 5.94. The Morgan fingerprint density at radius 2 is 2.14 bits per heavy atom. The van der Waals surface area contributed by atoms with Crippen molar-refractivity contribution in [3.05, 3.63) is 57.5 Å². The van der Waals surface area contributed by atoms with Crippen molar-refractivity contribution < 1.29 is 18.9 Å². The zero-order valence-corrected chi connectivity index (χ0v) is 12.5. The molecule has 0 radical (unpaired) electrons. The summed E-state index contributed by atoms with van der Waals surface area (Å²) in [4.78, 5) is 24.3. The van der Waals surface area contributed by atoms with Crippen LogP contribution in [-0.2, 0) is 6.54 Å². The van der Waals surface area contributed by atoms with Crippen molar-refractivity contribution in [2.24, 2.45) is 0 Å². The molecule has 1 amide bonds. The van der Waals surface area contributed by atoms with Crippen molar-refractivity contribution in [3.63, 3.8) is 0 Å². The molecule has 0 saturated carbocycles. The number of rotatable bonds is 5. The first-order chi connectivity index (χ1) is 10.4. The summed E-state index contributed by atoms with van der Waals surface area (Å²) in [5.41, 5.74) is 0.885. The number of amides is 1. The summed E-state index contributed by atoms with van der Waals surface area (Å²) in [6.45, 7) is 2.17. The predicted octanol–water partition coefficient (Wildman–Crippen LogP) is 2.78. The van der Waals surface area contributed by atoms with Gasteiger partial charge in [-0.15, -0.1) is 0 Å². The Labute approximate surface area is 127 Å². The predicted molar refractivity (Wildman–Crippen MR) is 78.9 cm³/mol. The van der Waals surface area contributed by atoms with E-state index in [1.54, 1.807) is 19.4 Å². The van der Waals surface area contributed by atoms with Gasteiger partial charge >= 0.3 is 5.69 Å². The summed E-state index contributed by atoms with van der Waals surface area (Å²) < 4.78 is 10.1. The number of carbonyl (C=O) groups is 1. The molecular weight excluding hydrogens is 288 g/mol. The molecule has 7 nitrogen and oxygen atoms in total. The lowest BCUT2D eigenvalue weighted by Crippen LogP contribution is -2.26. The molecule has 0 unspecified atom stereocenters. The van der Waals surface area contributed by atoms with E-state index in [0.29, 0.717) is 6.54 Å². The second-order valence-electron chi connectivity index (χ2n) is 4.81. The molecule has 0 fully saturated rings. The number of nitro groups is 1. The van der Waals surface area contributed by atoms with E-state index in [-0.39, 0.29) is 22.9 Å². The van der Waals surface area contributed by atoms with Gasteiger partial charge in [0.15, 0.2) is 5.75 Å². The largest absolute Gasteiger partial charge is 0.490 e. The van der Waals surface area contributed by atoms with Gasteiger partial charge in [0.1, 0.15) is 5.76 Å². The number of hydrogen-bond donors (Lipinski definition) is 0. The van der Waals surface area contributed by atoms with E-state index in [2.05, 4.69) is 0 Å². The van der Waals surface area contributed by atoms with Gasteiger partial charge in [-0.3, -0.25) is 14.9 Å². The number of nitro benzene ring substituents is 1. The first-order valence-electron chi connectivity index (χ1n) is 6.55. The van der Waals surface area contributed by atoms with Crippen LogP contribution in [0.1, 0.15) is 21.7 Å². The Balaban J connectivity index is 2.23. The normalized spacial score (nSPS) is 10.3. The van der Waals surface area contributed by atoms with Gasteiger partial charge in [0, 0.05) is 30.8 Å². The highest BCUT2D eigenvalue weighted by Gasteiger charge is 2.20. The highest BCUT2D eigenvalue weighted by Crippen LogP contribution is 2.28. The van der Waals surface area contributed by atoms with Gasteiger partial charge < -0.3 is 14.1 Å². The van der Waals surface area contributed by atoms with Crippen molar-refractivity contribution in [3.8, 4) is 5.75 Å². The zero-order valence-electron chi connectivity index (χ0n) is 12.5. The third-order valence-electron chi connectivity index (χ3n) is 3.34. The highest BCUT2D eigenvalue weighted by molar-refractivity contribution is 5.95. The number of furan rings is 1. The van der Waals surface area contributed by atoms with E-state index in [0.717, 1.165) is 11.3 Å². The third kappa shape index (κ3) is 3.08. The summed E-state index contributed by atoms with van der Waals surface area (Å²) in [7, 11) is 2.97. The average molecular weight is 304 g/mol. The van der Waals surface area contributed by atoms with Crippen LogP contribution in [0.4, 0.5) is 5.69 Å². The van der Waals surface area contributed by atoms with Crippen LogP contribution in [0.2, 0.25) is 0 Å². The van der Waals surface area contributed by atoms with Crippen LogP contribution >= 0.6 is 0 Å². The molecule has 0 saturated heterocycles. The van der Waals surface area contributed by atoms with Gasteiger partial charge in [0.05, 0.1) is 18.3 Å². The fraction of sp³-hybridized carbons (Fsp3) is 0.267. The molecule has 0 spiro atoms. The van der Waals surface area contributed by atoms with Gasteiger partial charge in [-0.25, -0.2) is 0 Å².